The second kappa shape index (κ2) is 9.32. The molecule has 0 bridgehead atoms. The van der Waals surface area contributed by atoms with Gasteiger partial charge in [0.1, 0.15) is 17.2 Å². The van der Waals surface area contributed by atoms with E-state index in [-0.39, 0.29) is 17.9 Å². The van der Waals surface area contributed by atoms with Crippen LogP contribution in [0.4, 0.5) is 4.39 Å². The summed E-state index contributed by atoms with van der Waals surface area (Å²) in [6.07, 6.45) is 0. The predicted octanol–water partition coefficient (Wildman–Crippen LogP) is 4.12. The van der Waals surface area contributed by atoms with Gasteiger partial charge in [-0.05, 0) is 23.8 Å². The van der Waals surface area contributed by atoms with Crippen LogP contribution in [-0.4, -0.2) is 26.1 Å². The molecule has 0 aliphatic rings. The van der Waals surface area contributed by atoms with Gasteiger partial charge in [-0.2, -0.15) is 15.0 Å². The molecule has 0 aliphatic carbocycles. The fourth-order valence-corrected chi connectivity index (χ4v) is 3.26. The normalized spacial score (nSPS) is 10.9. The van der Waals surface area contributed by atoms with Crippen LogP contribution in [0.1, 0.15) is 27.2 Å². The molecule has 1 aromatic heterocycles. The smallest absolute Gasteiger partial charge is 0.335 e. The molecule has 31 heavy (non-hydrogen) atoms. The Morgan fingerprint density at radius 1 is 0.903 bits per heavy atom. The van der Waals surface area contributed by atoms with E-state index in [0.29, 0.717) is 18.7 Å². The van der Waals surface area contributed by atoms with Crippen molar-refractivity contribution in [1.82, 2.24) is 20.3 Å². The quantitative estimate of drug-likeness (QED) is 0.452. The molecule has 0 unspecified atom stereocenters. The Morgan fingerprint density at radius 3 is 2.32 bits per heavy atom. The summed E-state index contributed by atoms with van der Waals surface area (Å²) in [5, 5.41) is 21.5. The van der Waals surface area contributed by atoms with Crippen LogP contribution >= 0.6 is 0 Å². The molecular weight excluding hydrogens is 395 g/mol. The van der Waals surface area contributed by atoms with Crippen molar-refractivity contribution in [2.75, 3.05) is 0 Å². The van der Waals surface area contributed by atoms with Crippen LogP contribution in [0.25, 0.3) is 11.3 Å². The molecule has 0 spiro atoms. The molecule has 0 aliphatic heterocycles. The lowest BCUT2D eigenvalue weighted by molar-refractivity contribution is 0.0697. The molecule has 0 radical (unpaired) electrons. The van der Waals surface area contributed by atoms with Crippen molar-refractivity contribution in [2.24, 2.45) is 0 Å². The van der Waals surface area contributed by atoms with Crippen LogP contribution in [0.3, 0.4) is 0 Å². The van der Waals surface area contributed by atoms with Crippen LogP contribution < -0.4 is 5.32 Å². The fraction of sp³-hybridized carbons (Fsp3) is 0.125. The number of halogens is 1. The first kappa shape index (κ1) is 20.4. The molecular formula is C24H21FN4O2. The van der Waals surface area contributed by atoms with Crippen LogP contribution in [0.2, 0.25) is 0 Å². The Hall–Kier alpha value is -3.84. The highest BCUT2D eigenvalue weighted by Gasteiger charge is 2.14. The Morgan fingerprint density at radius 2 is 1.61 bits per heavy atom. The summed E-state index contributed by atoms with van der Waals surface area (Å²) in [6.45, 7) is 1.25. The van der Waals surface area contributed by atoms with E-state index in [9.17, 15) is 9.18 Å². The van der Waals surface area contributed by atoms with E-state index in [1.165, 1.54) is 10.9 Å². The maximum Gasteiger partial charge on any atom is 0.335 e. The van der Waals surface area contributed by atoms with Crippen molar-refractivity contribution in [3.05, 3.63) is 107 Å². The Labute approximate surface area is 179 Å². The molecule has 3 aromatic carbocycles. The minimum absolute atomic E-state index is 0.239. The molecule has 0 saturated heterocycles. The zero-order chi connectivity index (χ0) is 21.6. The largest absolute Gasteiger partial charge is 0.478 e. The van der Waals surface area contributed by atoms with Gasteiger partial charge >= 0.3 is 5.97 Å². The van der Waals surface area contributed by atoms with E-state index in [2.05, 4.69) is 15.5 Å². The number of nitrogens with zero attached hydrogens (tertiary/aromatic N) is 3. The topological polar surface area (TPSA) is 80.0 Å². The van der Waals surface area contributed by atoms with E-state index in [1.807, 2.05) is 30.3 Å². The van der Waals surface area contributed by atoms with Crippen LogP contribution in [-0.2, 0) is 19.6 Å². The van der Waals surface area contributed by atoms with E-state index in [1.54, 1.807) is 42.5 Å². The zero-order valence-corrected chi connectivity index (χ0v) is 16.7. The van der Waals surface area contributed by atoms with Crippen LogP contribution in [0.5, 0.6) is 0 Å². The molecule has 6 nitrogen and oxygen atoms in total. The summed E-state index contributed by atoms with van der Waals surface area (Å²) >= 11 is 0. The van der Waals surface area contributed by atoms with Gasteiger partial charge in [-0.15, -0.1) is 0 Å². The molecule has 7 heteroatoms. The van der Waals surface area contributed by atoms with E-state index < -0.39 is 5.97 Å². The van der Waals surface area contributed by atoms with Crippen LogP contribution in [0.15, 0.2) is 78.9 Å². The van der Waals surface area contributed by atoms with Crippen molar-refractivity contribution in [2.45, 2.75) is 19.6 Å². The Bertz CT molecular complexity index is 1170. The minimum atomic E-state index is -0.946. The highest BCUT2D eigenvalue weighted by molar-refractivity contribution is 5.87. The number of nitrogens with one attached hydrogen (secondary N) is 1. The summed E-state index contributed by atoms with van der Waals surface area (Å²) in [5.41, 5.74) is 4.17. The number of aromatic nitrogens is 3. The van der Waals surface area contributed by atoms with E-state index in [0.717, 1.165) is 22.5 Å². The molecule has 1 heterocycles. The number of carboxylic acids is 1. The molecule has 2 N–H and O–H groups in total. The van der Waals surface area contributed by atoms with Gasteiger partial charge in [0.25, 0.3) is 0 Å². The summed E-state index contributed by atoms with van der Waals surface area (Å²) < 4.78 is 14.1. The van der Waals surface area contributed by atoms with Crippen molar-refractivity contribution >= 4 is 5.97 Å². The Kier molecular flexibility index (Phi) is 6.14. The molecule has 4 rings (SSSR count). The van der Waals surface area contributed by atoms with Gasteiger partial charge in [-0.25, -0.2) is 9.18 Å². The Balaban J connectivity index is 1.52. The lowest BCUT2D eigenvalue weighted by Crippen LogP contribution is -2.14. The summed E-state index contributed by atoms with van der Waals surface area (Å²) in [6, 6.07) is 23.1. The van der Waals surface area contributed by atoms with Crippen molar-refractivity contribution in [3.8, 4) is 11.3 Å². The van der Waals surface area contributed by atoms with Gasteiger partial charge in [-0.3, -0.25) is 0 Å². The number of rotatable bonds is 8. The van der Waals surface area contributed by atoms with Gasteiger partial charge in [0.2, 0.25) is 0 Å². The minimum Gasteiger partial charge on any atom is -0.478 e. The molecule has 0 saturated carbocycles. The number of carbonyl (C=O) groups is 1. The number of hydrogen-bond donors (Lipinski definition) is 2. The van der Waals surface area contributed by atoms with Gasteiger partial charge in [0.05, 0.1) is 12.1 Å². The first-order valence-corrected chi connectivity index (χ1v) is 9.86. The number of hydrogen-bond acceptors (Lipinski definition) is 4. The van der Waals surface area contributed by atoms with Crippen molar-refractivity contribution < 1.29 is 14.3 Å². The second-order valence-corrected chi connectivity index (χ2v) is 7.09. The highest BCUT2D eigenvalue weighted by Crippen LogP contribution is 2.21. The third-order valence-electron chi connectivity index (χ3n) is 4.86. The second-order valence-electron chi connectivity index (χ2n) is 7.09. The summed E-state index contributed by atoms with van der Waals surface area (Å²) in [4.78, 5) is 12.5. The van der Waals surface area contributed by atoms with Gasteiger partial charge < -0.3 is 10.4 Å². The monoisotopic (exact) mass is 416 g/mol. The summed E-state index contributed by atoms with van der Waals surface area (Å²) in [7, 11) is 0. The first-order valence-electron chi connectivity index (χ1n) is 9.86. The molecule has 156 valence electrons. The maximum absolute atomic E-state index is 14.1. The molecule has 0 amide bonds. The fourth-order valence-electron chi connectivity index (χ4n) is 3.26. The third-order valence-corrected chi connectivity index (χ3v) is 4.86. The van der Waals surface area contributed by atoms with Crippen molar-refractivity contribution in [1.29, 1.82) is 0 Å². The van der Waals surface area contributed by atoms with Gasteiger partial charge in [0, 0.05) is 24.2 Å². The number of benzene rings is 3. The standard InChI is InChI=1S/C24H21FN4O2/c25-21-9-5-4-8-20(21)16-29-27-22(23(28-29)18-6-2-1-3-7-18)15-26-14-17-10-12-19(13-11-17)24(30)31/h1-13,26H,14-16H2,(H,30,31). The van der Waals surface area contributed by atoms with E-state index in [4.69, 9.17) is 5.11 Å². The molecule has 4 aromatic rings. The number of aromatic carboxylic acids is 1. The third kappa shape index (κ3) is 5.02. The van der Waals surface area contributed by atoms with Crippen LogP contribution in [0, 0.1) is 5.82 Å². The zero-order valence-electron chi connectivity index (χ0n) is 16.7. The predicted molar refractivity (Wildman–Crippen MR) is 115 cm³/mol. The summed E-state index contributed by atoms with van der Waals surface area (Å²) in [5.74, 6) is -1.23. The first-order chi connectivity index (χ1) is 15.1. The molecule has 0 atom stereocenters. The van der Waals surface area contributed by atoms with Gasteiger partial charge in [-0.1, -0.05) is 60.7 Å². The maximum atomic E-state index is 14.1. The SMILES string of the molecule is O=C(O)c1ccc(CNCc2nn(Cc3ccccc3F)nc2-c2ccccc2)cc1. The highest BCUT2D eigenvalue weighted by atomic mass is 19.1. The lowest BCUT2D eigenvalue weighted by atomic mass is 10.1. The van der Waals surface area contributed by atoms with E-state index >= 15 is 0 Å². The average Bonchev–Trinajstić information content (AvgIpc) is 3.19. The number of carboxylic acid groups (broad SMARTS) is 1. The van der Waals surface area contributed by atoms with Crippen molar-refractivity contribution in [3.63, 3.8) is 0 Å². The average molecular weight is 416 g/mol. The van der Waals surface area contributed by atoms with Gasteiger partial charge in [0.15, 0.2) is 0 Å². The lowest BCUT2D eigenvalue weighted by Gasteiger charge is -2.05. The molecule has 0 fully saturated rings.